The van der Waals surface area contributed by atoms with Crippen molar-refractivity contribution in [3.05, 3.63) is 50.9 Å². The van der Waals surface area contributed by atoms with Crippen LogP contribution in [0.4, 0.5) is 4.79 Å². The van der Waals surface area contributed by atoms with Gasteiger partial charge in [-0.15, -0.1) is 11.3 Å². The zero-order valence-corrected chi connectivity index (χ0v) is 11.9. The lowest BCUT2D eigenvalue weighted by molar-refractivity contribution is 0.240. The molecule has 2 heterocycles. The monoisotopic (exact) mass is 325 g/mol. The van der Waals surface area contributed by atoms with E-state index in [9.17, 15) is 4.79 Å². The molecule has 2 rings (SSSR count). The molecule has 0 aliphatic rings. The number of nitrogens with one attached hydrogen (secondary N) is 2. The fourth-order valence-corrected chi connectivity index (χ4v) is 2.74. The molecule has 0 aliphatic heterocycles. The van der Waals surface area contributed by atoms with Gasteiger partial charge in [0.25, 0.3) is 0 Å². The van der Waals surface area contributed by atoms with Gasteiger partial charge in [0, 0.05) is 20.9 Å². The van der Waals surface area contributed by atoms with Crippen molar-refractivity contribution in [1.29, 1.82) is 0 Å². The number of amides is 2. The molecule has 0 unspecified atom stereocenters. The van der Waals surface area contributed by atoms with Crippen molar-refractivity contribution in [1.82, 2.24) is 15.6 Å². The van der Waals surface area contributed by atoms with Gasteiger partial charge in [0.1, 0.15) is 0 Å². The Hall–Kier alpha value is -1.40. The highest BCUT2D eigenvalue weighted by molar-refractivity contribution is 9.10. The molecule has 0 bridgehead atoms. The van der Waals surface area contributed by atoms with Crippen LogP contribution in [0.25, 0.3) is 0 Å². The first-order valence-corrected chi connectivity index (χ1v) is 7.06. The summed E-state index contributed by atoms with van der Waals surface area (Å²) in [7, 11) is 0. The van der Waals surface area contributed by atoms with E-state index >= 15 is 0 Å². The molecule has 0 aliphatic carbocycles. The lowest BCUT2D eigenvalue weighted by atomic mass is 10.3. The topological polar surface area (TPSA) is 54.0 Å². The lowest BCUT2D eigenvalue weighted by Crippen LogP contribution is -2.34. The summed E-state index contributed by atoms with van der Waals surface area (Å²) in [5, 5.41) is 7.54. The maximum absolute atomic E-state index is 11.5. The van der Waals surface area contributed by atoms with Gasteiger partial charge in [-0.25, -0.2) is 4.79 Å². The molecule has 0 spiro atoms. The third kappa shape index (κ3) is 4.12. The smallest absolute Gasteiger partial charge is 0.315 e. The molecule has 2 aromatic heterocycles. The standard InChI is InChI=1S/C12H12BrN3OS/c13-9-5-11(18-8-9)7-16-12(17)15-6-10-3-1-2-4-14-10/h1-5,8H,6-7H2,(H2,15,16,17). The second kappa shape index (κ2) is 6.51. The molecule has 6 heteroatoms. The van der Waals surface area contributed by atoms with Crippen molar-refractivity contribution in [2.45, 2.75) is 13.1 Å². The third-order valence-electron chi connectivity index (χ3n) is 2.20. The maximum atomic E-state index is 11.5. The van der Waals surface area contributed by atoms with Crippen molar-refractivity contribution < 1.29 is 4.79 Å². The summed E-state index contributed by atoms with van der Waals surface area (Å²) in [5.41, 5.74) is 0.839. The summed E-state index contributed by atoms with van der Waals surface area (Å²) < 4.78 is 1.04. The van der Waals surface area contributed by atoms with Gasteiger partial charge in [-0.3, -0.25) is 4.98 Å². The van der Waals surface area contributed by atoms with Crippen LogP contribution in [0.5, 0.6) is 0 Å². The second-order valence-corrected chi connectivity index (χ2v) is 5.50. The molecule has 0 atom stereocenters. The van der Waals surface area contributed by atoms with E-state index in [0.29, 0.717) is 13.1 Å². The first kappa shape index (κ1) is 13.0. The zero-order chi connectivity index (χ0) is 12.8. The van der Waals surface area contributed by atoms with Crippen LogP contribution in [0, 0.1) is 0 Å². The number of carbonyl (C=O) groups is 1. The van der Waals surface area contributed by atoms with E-state index in [1.165, 1.54) is 0 Å². The van der Waals surface area contributed by atoms with Gasteiger partial charge < -0.3 is 10.6 Å². The van der Waals surface area contributed by atoms with Crippen molar-refractivity contribution in [2.75, 3.05) is 0 Å². The molecule has 0 saturated heterocycles. The van der Waals surface area contributed by atoms with Crippen LogP contribution in [0.15, 0.2) is 40.3 Å². The number of halogens is 1. The minimum atomic E-state index is -0.190. The molecule has 0 radical (unpaired) electrons. The van der Waals surface area contributed by atoms with Crippen LogP contribution >= 0.6 is 27.3 Å². The lowest BCUT2D eigenvalue weighted by Gasteiger charge is -2.05. The largest absolute Gasteiger partial charge is 0.333 e. The van der Waals surface area contributed by atoms with Crippen molar-refractivity contribution in [2.24, 2.45) is 0 Å². The first-order chi connectivity index (χ1) is 8.74. The van der Waals surface area contributed by atoms with Crippen LogP contribution in [-0.2, 0) is 13.1 Å². The number of hydrogen-bond acceptors (Lipinski definition) is 3. The molecule has 4 nitrogen and oxygen atoms in total. The van der Waals surface area contributed by atoms with E-state index in [-0.39, 0.29) is 6.03 Å². The average molecular weight is 326 g/mol. The van der Waals surface area contributed by atoms with Gasteiger partial charge in [-0.05, 0) is 34.1 Å². The Morgan fingerprint density at radius 3 is 2.83 bits per heavy atom. The van der Waals surface area contributed by atoms with Crippen LogP contribution in [-0.4, -0.2) is 11.0 Å². The van der Waals surface area contributed by atoms with Gasteiger partial charge >= 0.3 is 6.03 Å². The molecule has 0 saturated carbocycles. The normalized spacial score (nSPS) is 10.1. The predicted molar refractivity (Wildman–Crippen MR) is 75.3 cm³/mol. The van der Waals surface area contributed by atoms with E-state index in [1.807, 2.05) is 29.6 Å². The molecule has 94 valence electrons. The number of urea groups is 1. The number of nitrogens with zero attached hydrogens (tertiary/aromatic N) is 1. The van der Waals surface area contributed by atoms with Crippen molar-refractivity contribution >= 4 is 33.3 Å². The molecule has 2 N–H and O–H groups in total. The van der Waals surface area contributed by atoms with E-state index in [4.69, 9.17) is 0 Å². The minimum absolute atomic E-state index is 0.190. The maximum Gasteiger partial charge on any atom is 0.315 e. The van der Waals surface area contributed by atoms with E-state index in [2.05, 4.69) is 31.5 Å². The summed E-state index contributed by atoms with van der Waals surface area (Å²) in [6.45, 7) is 0.963. The van der Waals surface area contributed by atoms with Crippen molar-refractivity contribution in [3.8, 4) is 0 Å². The molecule has 0 aromatic carbocycles. The number of pyridine rings is 1. The van der Waals surface area contributed by atoms with Crippen LogP contribution in [0.1, 0.15) is 10.6 Å². The van der Waals surface area contributed by atoms with Gasteiger partial charge in [0.2, 0.25) is 0 Å². The number of hydrogen-bond donors (Lipinski definition) is 2. The fraction of sp³-hybridized carbons (Fsp3) is 0.167. The van der Waals surface area contributed by atoms with Crippen LogP contribution < -0.4 is 10.6 Å². The van der Waals surface area contributed by atoms with Gasteiger partial charge in [-0.2, -0.15) is 0 Å². The number of carbonyl (C=O) groups excluding carboxylic acids is 1. The quantitative estimate of drug-likeness (QED) is 0.908. The van der Waals surface area contributed by atoms with Gasteiger partial charge in [0.15, 0.2) is 0 Å². The average Bonchev–Trinajstić information content (AvgIpc) is 2.81. The number of thiophene rings is 1. The summed E-state index contributed by atoms with van der Waals surface area (Å²) in [6, 6.07) is 7.41. The van der Waals surface area contributed by atoms with Crippen molar-refractivity contribution in [3.63, 3.8) is 0 Å². The molecule has 18 heavy (non-hydrogen) atoms. The third-order valence-corrected chi connectivity index (χ3v) is 3.90. The van der Waals surface area contributed by atoms with E-state index < -0.39 is 0 Å². The predicted octanol–water partition coefficient (Wildman–Crippen LogP) is 2.91. The Kier molecular flexibility index (Phi) is 4.72. The molecular formula is C12H12BrN3OS. The molecule has 0 fully saturated rings. The Morgan fingerprint density at radius 2 is 2.17 bits per heavy atom. The van der Waals surface area contributed by atoms with Gasteiger partial charge in [0.05, 0.1) is 18.8 Å². The Bertz CT molecular complexity index is 515. The summed E-state index contributed by atoms with van der Waals surface area (Å²) in [5.74, 6) is 0. The van der Waals surface area contributed by atoms with E-state index in [0.717, 1.165) is 15.0 Å². The summed E-state index contributed by atoms with van der Waals surface area (Å²) in [4.78, 5) is 16.8. The highest BCUT2D eigenvalue weighted by atomic mass is 79.9. The second-order valence-electron chi connectivity index (χ2n) is 3.59. The highest BCUT2D eigenvalue weighted by Gasteiger charge is 2.02. The fourth-order valence-electron chi connectivity index (χ4n) is 1.35. The van der Waals surface area contributed by atoms with Gasteiger partial charge in [-0.1, -0.05) is 6.07 Å². The number of rotatable bonds is 4. The molecular weight excluding hydrogens is 314 g/mol. The summed E-state index contributed by atoms with van der Waals surface area (Å²) >= 11 is 4.98. The van der Waals surface area contributed by atoms with Crippen LogP contribution in [0.2, 0.25) is 0 Å². The summed E-state index contributed by atoms with van der Waals surface area (Å²) in [6.07, 6.45) is 1.71. The van der Waals surface area contributed by atoms with E-state index in [1.54, 1.807) is 17.5 Å². The molecule has 2 aromatic rings. The number of aromatic nitrogens is 1. The Labute approximate surface area is 118 Å². The first-order valence-electron chi connectivity index (χ1n) is 5.38. The minimum Gasteiger partial charge on any atom is -0.333 e. The highest BCUT2D eigenvalue weighted by Crippen LogP contribution is 2.19. The Balaban J connectivity index is 1.73. The Morgan fingerprint density at radius 1 is 1.33 bits per heavy atom. The molecule has 2 amide bonds. The van der Waals surface area contributed by atoms with Crippen LogP contribution in [0.3, 0.4) is 0 Å². The SMILES string of the molecule is O=C(NCc1ccccn1)NCc1cc(Br)cs1. The zero-order valence-electron chi connectivity index (χ0n) is 9.52.